The zero-order valence-electron chi connectivity index (χ0n) is 18.2. The van der Waals surface area contributed by atoms with Gasteiger partial charge in [0, 0.05) is 5.56 Å². The number of methoxy groups -OCH3 is 2. The molecular formula is C25H22F2N2O3. The lowest BCUT2D eigenvalue weighted by atomic mass is 10.0. The van der Waals surface area contributed by atoms with Gasteiger partial charge in [0.1, 0.15) is 28.6 Å². The molecule has 32 heavy (non-hydrogen) atoms. The van der Waals surface area contributed by atoms with E-state index < -0.39 is 17.6 Å². The first kappa shape index (κ1) is 21.5. The summed E-state index contributed by atoms with van der Waals surface area (Å²) < 4.78 is 41.7. The fourth-order valence-corrected chi connectivity index (χ4v) is 3.92. The minimum Gasteiger partial charge on any atom is -0.496 e. The fraction of sp³-hybridized carbons (Fsp3) is 0.200. The molecule has 0 fully saturated rings. The van der Waals surface area contributed by atoms with E-state index in [1.54, 1.807) is 16.8 Å². The molecule has 0 amide bonds. The first-order valence-corrected chi connectivity index (χ1v) is 10.0. The molecule has 164 valence electrons. The molecule has 0 aliphatic carbocycles. The van der Waals surface area contributed by atoms with Crippen molar-refractivity contribution >= 4 is 16.9 Å². The fourth-order valence-electron chi connectivity index (χ4n) is 3.92. The number of esters is 1. The Morgan fingerprint density at radius 3 is 2.34 bits per heavy atom. The van der Waals surface area contributed by atoms with Gasteiger partial charge in [-0.1, -0.05) is 24.3 Å². The number of nitrogens with zero attached hydrogens (tertiary/aromatic N) is 2. The third-order valence-electron chi connectivity index (χ3n) is 5.63. The average Bonchev–Trinajstić information content (AvgIpc) is 3.15. The van der Waals surface area contributed by atoms with Crippen LogP contribution in [0.2, 0.25) is 0 Å². The number of benzene rings is 3. The van der Waals surface area contributed by atoms with Gasteiger partial charge in [0.2, 0.25) is 0 Å². The van der Waals surface area contributed by atoms with Gasteiger partial charge in [-0.3, -0.25) is 4.68 Å². The number of ether oxygens (including phenoxy) is 2. The van der Waals surface area contributed by atoms with Gasteiger partial charge in [0.15, 0.2) is 0 Å². The standard InChI is InChI=1S/C25H22F2N2O3/c1-14-7-5-8-15(2)18(14)13-29-21-10-6-9-19(26)23(21)24(28-29)16-12-22(31-3)17(11-20(16)27)25(30)32-4/h5-12H,13H2,1-4H3. The molecule has 0 radical (unpaired) electrons. The quantitative estimate of drug-likeness (QED) is 0.391. The van der Waals surface area contributed by atoms with Crippen molar-refractivity contribution in [2.24, 2.45) is 0 Å². The van der Waals surface area contributed by atoms with E-state index >= 15 is 4.39 Å². The molecule has 4 aromatic rings. The summed E-state index contributed by atoms with van der Waals surface area (Å²) >= 11 is 0. The summed E-state index contributed by atoms with van der Waals surface area (Å²) in [6, 6.07) is 13.0. The molecule has 0 aliphatic rings. The van der Waals surface area contributed by atoms with E-state index in [2.05, 4.69) is 5.10 Å². The van der Waals surface area contributed by atoms with Crippen LogP contribution in [0.15, 0.2) is 48.5 Å². The monoisotopic (exact) mass is 436 g/mol. The van der Waals surface area contributed by atoms with Crippen LogP contribution in [0.5, 0.6) is 5.75 Å². The molecule has 0 atom stereocenters. The highest BCUT2D eigenvalue weighted by Crippen LogP contribution is 2.36. The maximum atomic E-state index is 15.1. The van der Waals surface area contributed by atoms with Crippen LogP contribution in [0.25, 0.3) is 22.2 Å². The van der Waals surface area contributed by atoms with E-state index in [0.717, 1.165) is 22.8 Å². The van der Waals surface area contributed by atoms with E-state index in [1.807, 2.05) is 32.0 Å². The van der Waals surface area contributed by atoms with Gasteiger partial charge >= 0.3 is 5.97 Å². The van der Waals surface area contributed by atoms with Gasteiger partial charge in [-0.15, -0.1) is 0 Å². The topological polar surface area (TPSA) is 53.3 Å². The van der Waals surface area contributed by atoms with Crippen LogP contribution < -0.4 is 4.74 Å². The van der Waals surface area contributed by atoms with Crippen molar-refractivity contribution in [3.63, 3.8) is 0 Å². The van der Waals surface area contributed by atoms with E-state index in [-0.39, 0.29) is 28.0 Å². The number of carbonyl (C=O) groups excluding carboxylic acids is 1. The van der Waals surface area contributed by atoms with Crippen LogP contribution in [-0.4, -0.2) is 30.0 Å². The Bertz CT molecular complexity index is 1320. The molecule has 7 heteroatoms. The van der Waals surface area contributed by atoms with Crippen molar-refractivity contribution in [1.29, 1.82) is 0 Å². The lowest BCUT2D eigenvalue weighted by molar-refractivity contribution is 0.0596. The molecule has 3 aromatic carbocycles. The molecule has 0 N–H and O–H groups in total. The lowest BCUT2D eigenvalue weighted by Gasteiger charge is -2.11. The van der Waals surface area contributed by atoms with Gasteiger partial charge in [0.05, 0.1) is 31.7 Å². The number of carbonyl (C=O) groups is 1. The third-order valence-corrected chi connectivity index (χ3v) is 5.63. The molecule has 0 aliphatic heterocycles. The number of halogens is 2. The van der Waals surface area contributed by atoms with E-state index in [1.165, 1.54) is 26.4 Å². The SMILES string of the molecule is COC(=O)c1cc(F)c(-c2nn(Cc3c(C)cccc3C)c3cccc(F)c23)cc1OC. The van der Waals surface area contributed by atoms with Crippen LogP contribution in [0.3, 0.4) is 0 Å². The minimum absolute atomic E-state index is 0.0323. The molecule has 1 heterocycles. The molecule has 0 saturated carbocycles. The minimum atomic E-state index is -0.733. The summed E-state index contributed by atoms with van der Waals surface area (Å²) in [6.07, 6.45) is 0. The smallest absolute Gasteiger partial charge is 0.341 e. The average molecular weight is 436 g/mol. The van der Waals surface area contributed by atoms with Crippen LogP contribution in [0, 0.1) is 25.5 Å². The van der Waals surface area contributed by atoms with Crippen molar-refractivity contribution in [1.82, 2.24) is 9.78 Å². The van der Waals surface area contributed by atoms with Crippen molar-refractivity contribution in [3.05, 3.63) is 82.4 Å². The Balaban J connectivity index is 1.94. The van der Waals surface area contributed by atoms with Gasteiger partial charge < -0.3 is 9.47 Å². The van der Waals surface area contributed by atoms with Crippen LogP contribution in [0.1, 0.15) is 27.0 Å². The maximum absolute atomic E-state index is 15.1. The second-order valence-corrected chi connectivity index (χ2v) is 7.53. The Morgan fingerprint density at radius 2 is 1.69 bits per heavy atom. The van der Waals surface area contributed by atoms with E-state index in [9.17, 15) is 9.18 Å². The van der Waals surface area contributed by atoms with E-state index in [4.69, 9.17) is 9.47 Å². The Labute approximate surface area is 184 Å². The van der Waals surface area contributed by atoms with E-state index in [0.29, 0.717) is 12.1 Å². The van der Waals surface area contributed by atoms with Crippen molar-refractivity contribution < 1.29 is 23.0 Å². The molecule has 0 bridgehead atoms. The molecule has 0 unspecified atom stereocenters. The summed E-state index contributed by atoms with van der Waals surface area (Å²) in [5.74, 6) is -1.86. The Morgan fingerprint density at radius 1 is 1.00 bits per heavy atom. The zero-order chi connectivity index (χ0) is 23.0. The summed E-state index contributed by atoms with van der Waals surface area (Å²) in [5, 5.41) is 4.79. The van der Waals surface area contributed by atoms with Gasteiger partial charge in [0.25, 0.3) is 0 Å². The summed E-state index contributed by atoms with van der Waals surface area (Å²) in [6.45, 7) is 4.41. The molecule has 0 spiro atoms. The van der Waals surface area contributed by atoms with Crippen molar-refractivity contribution in [3.8, 4) is 17.0 Å². The molecule has 4 rings (SSSR count). The maximum Gasteiger partial charge on any atom is 0.341 e. The van der Waals surface area contributed by atoms with Gasteiger partial charge in [-0.05, 0) is 54.8 Å². The zero-order valence-corrected chi connectivity index (χ0v) is 18.2. The summed E-state index contributed by atoms with van der Waals surface area (Å²) in [5.41, 5.74) is 3.88. The van der Waals surface area contributed by atoms with Gasteiger partial charge in [-0.25, -0.2) is 13.6 Å². The number of hydrogen-bond donors (Lipinski definition) is 0. The van der Waals surface area contributed by atoms with Gasteiger partial charge in [-0.2, -0.15) is 5.10 Å². The number of aryl methyl sites for hydroxylation is 2. The normalized spacial score (nSPS) is 11.1. The highest BCUT2D eigenvalue weighted by molar-refractivity contribution is 5.97. The first-order chi connectivity index (χ1) is 15.3. The predicted molar refractivity (Wildman–Crippen MR) is 118 cm³/mol. The summed E-state index contributed by atoms with van der Waals surface area (Å²) in [7, 11) is 2.56. The number of hydrogen-bond acceptors (Lipinski definition) is 4. The first-order valence-electron chi connectivity index (χ1n) is 10.0. The van der Waals surface area contributed by atoms with Crippen molar-refractivity contribution in [2.45, 2.75) is 20.4 Å². The second-order valence-electron chi connectivity index (χ2n) is 7.53. The van der Waals surface area contributed by atoms with Crippen molar-refractivity contribution in [2.75, 3.05) is 14.2 Å². The predicted octanol–water partition coefficient (Wildman–Crippen LogP) is 5.44. The van der Waals surface area contributed by atoms with Crippen LogP contribution in [-0.2, 0) is 11.3 Å². The van der Waals surface area contributed by atoms with Crippen LogP contribution >= 0.6 is 0 Å². The largest absolute Gasteiger partial charge is 0.496 e. The number of fused-ring (bicyclic) bond motifs is 1. The molecular weight excluding hydrogens is 414 g/mol. The molecule has 1 aromatic heterocycles. The third kappa shape index (κ3) is 3.60. The molecule has 0 saturated heterocycles. The Hall–Kier alpha value is -3.74. The van der Waals surface area contributed by atoms with Crippen LogP contribution in [0.4, 0.5) is 8.78 Å². The number of aromatic nitrogens is 2. The summed E-state index contributed by atoms with van der Waals surface area (Å²) in [4.78, 5) is 12.0. The Kier molecular flexibility index (Phi) is 5.65. The molecule has 5 nitrogen and oxygen atoms in total. The second kappa shape index (κ2) is 8.42. The highest BCUT2D eigenvalue weighted by Gasteiger charge is 2.23. The number of rotatable bonds is 5. The highest BCUT2D eigenvalue weighted by atomic mass is 19.1. The lowest BCUT2D eigenvalue weighted by Crippen LogP contribution is -2.06.